The molecule has 3 aromatic heterocycles. The molecule has 3 heterocycles. The van der Waals surface area contributed by atoms with E-state index >= 15 is 0 Å². The fourth-order valence-corrected chi connectivity index (χ4v) is 4.85. The second kappa shape index (κ2) is 10.3. The van der Waals surface area contributed by atoms with Crippen molar-refractivity contribution in [1.29, 1.82) is 0 Å². The molecular weight excluding hydrogens is 528 g/mol. The Hall–Kier alpha value is -3.86. The summed E-state index contributed by atoms with van der Waals surface area (Å²) in [5.74, 6) is 1.56. The van der Waals surface area contributed by atoms with E-state index in [1.165, 1.54) is 17.4 Å². The van der Waals surface area contributed by atoms with Crippen molar-refractivity contribution in [3.8, 4) is 21.9 Å². The molecule has 0 atom stereocenters. The molecule has 0 unspecified atom stereocenters. The Morgan fingerprint density at radius 2 is 1.86 bits per heavy atom. The van der Waals surface area contributed by atoms with Gasteiger partial charge in [-0.1, -0.05) is 35.1 Å². The molecule has 0 aliphatic heterocycles. The van der Waals surface area contributed by atoms with Gasteiger partial charge < -0.3 is 9.73 Å². The molecule has 0 fully saturated rings. The van der Waals surface area contributed by atoms with Crippen LogP contribution in [0.25, 0.3) is 32.9 Å². The highest BCUT2D eigenvalue weighted by Crippen LogP contribution is 2.29. The van der Waals surface area contributed by atoms with Gasteiger partial charge in [-0.05, 0) is 86.6 Å². The van der Waals surface area contributed by atoms with Gasteiger partial charge in [0.2, 0.25) is 10.9 Å². The number of furan rings is 1. The molecule has 8 nitrogen and oxygen atoms in total. The second-order valence-corrected chi connectivity index (χ2v) is 10.1. The van der Waals surface area contributed by atoms with E-state index in [0.29, 0.717) is 16.5 Å². The van der Waals surface area contributed by atoms with Crippen LogP contribution in [0.3, 0.4) is 0 Å². The number of aryl methyl sites for hydroxylation is 3. The summed E-state index contributed by atoms with van der Waals surface area (Å²) in [5.41, 5.74) is 4.55. The minimum absolute atomic E-state index is 0.189. The van der Waals surface area contributed by atoms with E-state index in [-0.39, 0.29) is 11.0 Å². The van der Waals surface area contributed by atoms with Crippen molar-refractivity contribution < 1.29 is 9.21 Å². The van der Waals surface area contributed by atoms with Crippen molar-refractivity contribution in [2.75, 3.05) is 5.32 Å². The zero-order valence-electron chi connectivity index (χ0n) is 20.1. The van der Waals surface area contributed by atoms with Crippen molar-refractivity contribution in [2.45, 2.75) is 20.8 Å². The maximum absolute atomic E-state index is 12.4. The molecule has 5 aromatic rings. The average Bonchev–Trinajstić information content (AvgIpc) is 3.59. The number of amides is 1. The van der Waals surface area contributed by atoms with Crippen LogP contribution < -0.4 is 10.6 Å². The number of nitrogens with zero attached hydrogens (tertiary/aromatic N) is 4. The Morgan fingerprint density at radius 3 is 2.62 bits per heavy atom. The van der Waals surface area contributed by atoms with E-state index in [1.54, 1.807) is 16.7 Å². The molecule has 1 amide bonds. The lowest BCUT2D eigenvalue weighted by molar-refractivity contribution is -0.115. The highest BCUT2D eigenvalue weighted by molar-refractivity contribution is 7.80. The van der Waals surface area contributed by atoms with Crippen LogP contribution in [0.2, 0.25) is 5.02 Å². The van der Waals surface area contributed by atoms with Crippen LogP contribution in [0.4, 0.5) is 5.69 Å². The van der Waals surface area contributed by atoms with Gasteiger partial charge >= 0.3 is 0 Å². The smallest absolute Gasteiger partial charge is 0.250 e. The number of hydrogen-bond acceptors (Lipinski definition) is 7. The maximum atomic E-state index is 12.4. The van der Waals surface area contributed by atoms with E-state index in [4.69, 9.17) is 28.2 Å². The maximum Gasteiger partial charge on any atom is 0.250 e. The highest BCUT2D eigenvalue weighted by Gasteiger charge is 2.12. The van der Waals surface area contributed by atoms with Crippen LogP contribution in [-0.4, -0.2) is 30.8 Å². The summed E-state index contributed by atoms with van der Waals surface area (Å²) in [6.07, 6.45) is 2.95. The fraction of sp³-hybridized carbons (Fsp3) is 0.115. The van der Waals surface area contributed by atoms with Crippen molar-refractivity contribution in [1.82, 2.24) is 25.1 Å². The average molecular weight is 549 g/mol. The Bertz CT molecular complexity index is 1680. The topological polar surface area (TPSA) is 97.4 Å². The fourth-order valence-electron chi connectivity index (χ4n) is 3.58. The zero-order valence-corrected chi connectivity index (χ0v) is 22.5. The van der Waals surface area contributed by atoms with Gasteiger partial charge in [0, 0.05) is 27.9 Å². The van der Waals surface area contributed by atoms with Crippen molar-refractivity contribution >= 4 is 62.9 Å². The minimum Gasteiger partial charge on any atom is -0.457 e. The number of nitrogens with one attached hydrogen (secondary N) is 2. The van der Waals surface area contributed by atoms with E-state index < -0.39 is 0 Å². The lowest BCUT2D eigenvalue weighted by atomic mass is 10.1. The number of rotatable bonds is 5. The molecule has 11 heteroatoms. The predicted molar refractivity (Wildman–Crippen MR) is 151 cm³/mol. The first-order chi connectivity index (χ1) is 17.8. The molecule has 0 bridgehead atoms. The summed E-state index contributed by atoms with van der Waals surface area (Å²) in [5, 5.41) is 20.1. The molecule has 37 heavy (non-hydrogen) atoms. The van der Waals surface area contributed by atoms with Crippen LogP contribution in [0, 0.1) is 20.8 Å². The SMILES string of the molecule is Cc1ccc(-c2ccc(/C=C/C(=O)NC(=S)Nc3ccc(-c4nn5c(C)nnc5s4)cc3C)o2)cc1Cl. The first kappa shape index (κ1) is 24.8. The molecule has 0 aliphatic carbocycles. The quantitative estimate of drug-likeness (QED) is 0.199. The molecule has 0 radical (unpaired) electrons. The van der Waals surface area contributed by atoms with Crippen molar-refractivity contribution in [3.05, 3.63) is 82.3 Å². The molecule has 0 aliphatic rings. The molecule has 0 saturated heterocycles. The number of aromatic nitrogens is 4. The van der Waals surface area contributed by atoms with Crippen LogP contribution >= 0.6 is 35.2 Å². The Morgan fingerprint density at radius 1 is 1.05 bits per heavy atom. The van der Waals surface area contributed by atoms with E-state index in [2.05, 4.69) is 25.9 Å². The molecule has 2 aromatic carbocycles. The van der Waals surface area contributed by atoms with Gasteiger partial charge in [-0.2, -0.15) is 9.61 Å². The molecule has 186 valence electrons. The Labute approximate surface area is 227 Å². The van der Waals surface area contributed by atoms with Gasteiger partial charge in [0.05, 0.1) is 0 Å². The van der Waals surface area contributed by atoms with Crippen LogP contribution in [0.1, 0.15) is 22.7 Å². The molecule has 0 spiro atoms. The van der Waals surface area contributed by atoms with Gasteiger partial charge in [-0.25, -0.2) is 0 Å². The summed E-state index contributed by atoms with van der Waals surface area (Å²) < 4.78 is 7.54. The summed E-state index contributed by atoms with van der Waals surface area (Å²) in [4.78, 5) is 13.1. The van der Waals surface area contributed by atoms with Crippen LogP contribution in [0.15, 0.2) is 59.0 Å². The van der Waals surface area contributed by atoms with E-state index in [9.17, 15) is 4.79 Å². The third-order valence-electron chi connectivity index (χ3n) is 5.59. The Balaban J connectivity index is 1.19. The number of anilines is 1. The Kier molecular flexibility index (Phi) is 6.88. The van der Waals surface area contributed by atoms with Gasteiger partial charge in [0.15, 0.2) is 10.9 Å². The summed E-state index contributed by atoms with van der Waals surface area (Å²) >= 11 is 13.0. The monoisotopic (exact) mass is 548 g/mol. The normalized spacial score (nSPS) is 11.4. The highest BCUT2D eigenvalue weighted by atomic mass is 35.5. The summed E-state index contributed by atoms with van der Waals surface area (Å²) in [7, 11) is 0. The summed E-state index contributed by atoms with van der Waals surface area (Å²) in [6, 6.07) is 15.2. The standard InChI is InChI=1S/C26H21ClN6O2S2/c1-14-4-5-17(13-20(14)27)22-10-7-19(35-22)8-11-23(34)29-25(36)28-21-9-6-18(12-15(21)2)24-32-33-16(3)30-31-26(33)37-24/h4-13H,1-3H3,(H2,28,29,34,36)/b11-8+. The second-order valence-electron chi connectivity index (χ2n) is 8.32. The number of halogens is 1. The number of thiocarbonyl (C=S) groups is 1. The van der Waals surface area contributed by atoms with Gasteiger partial charge in [-0.15, -0.1) is 10.2 Å². The number of benzene rings is 2. The largest absolute Gasteiger partial charge is 0.457 e. The predicted octanol–water partition coefficient (Wildman–Crippen LogP) is 6.22. The number of fused-ring (bicyclic) bond motifs is 1. The number of carbonyl (C=O) groups excluding carboxylic acids is 1. The molecule has 2 N–H and O–H groups in total. The number of carbonyl (C=O) groups is 1. The van der Waals surface area contributed by atoms with Crippen LogP contribution in [-0.2, 0) is 4.79 Å². The molecule has 0 saturated carbocycles. The van der Waals surface area contributed by atoms with Gasteiger partial charge in [0.1, 0.15) is 16.5 Å². The van der Waals surface area contributed by atoms with E-state index in [0.717, 1.165) is 43.7 Å². The van der Waals surface area contributed by atoms with Gasteiger partial charge in [0.25, 0.3) is 0 Å². The zero-order chi connectivity index (χ0) is 26.1. The third kappa shape index (κ3) is 5.46. The van der Waals surface area contributed by atoms with Gasteiger partial charge in [-0.3, -0.25) is 10.1 Å². The lowest BCUT2D eigenvalue weighted by Gasteiger charge is -2.11. The minimum atomic E-state index is -0.377. The van der Waals surface area contributed by atoms with Crippen molar-refractivity contribution in [2.24, 2.45) is 0 Å². The summed E-state index contributed by atoms with van der Waals surface area (Å²) in [6.45, 7) is 5.76. The first-order valence-electron chi connectivity index (χ1n) is 11.2. The van der Waals surface area contributed by atoms with Crippen LogP contribution in [0.5, 0.6) is 0 Å². The first-order valence-corrected chi connectivity index (χ1v) is 12.8. The third-order valence-corrected chi connectivity index (χ3v) is 7.15. The van der Waals surface area contributed by atoms with Crippen molar-refractivity contribution in [3.63, 3.8) is 0 Å². The molecule has 5 rings (SSSR count). The lowest BCUT2D eigenvalue weighted by Crippen LogP contribution is -2.33. The van der Waals surface area contributed by atoms with E-state index in [1.807, 2.05) is 63.2 Å². The number of hydrogen-bond donors (Lipinski definition) is 2. The molecular formula is C26H21ClN6O2S2.